The number of ether oxygens (including phenoxy) is 1. The molecule has 0 amide bonds. The normalized spacial score (nSPS) is 12.2. The lowest BCUT2D eigenvalue weighted by molar-refractivity contribution is 0.413. The molecule has 2 aromatic rings. The van der Waals surface area contributed by atoms with E-state index in [1.165, 1.54) is 0 Å². The number of methoxy groups -OCH3 is 1. The van der Waals surface area contributed by atoms with Crippen molar-refractivity contribution in [1.29, 1.82) is 0 Å². The first kappa shape index (κ1) is 13.5. The standard InChI is InChI=1S/C15H19N3O/c1-10-7-8-14(11(2)17-10)15(18-16)12-5-4-6-13(9-12)19-3/h4-9,15,18H,16H2,1-3H3. The highest BCUT2D eigenvalue weighted by Crippen LogP contribution is 2.26. The Balaban J connectivity index is 2.43. The molecule has 0 saturated heterocycles. The quantitative estimate of drug-likeness (QED) is 0.651. The van der Waals surface area contributed by atoms with Gasteiger partial charge in [-0.05, 0) is 43.2 Å². The molecule has 1 unspecified atom stereocenters. The average Bonchev–Trinajstić information content (AvgIpc) is 2.42. The molecular weight excluding hydrogens is 238 g/mol. The summed E-state index contributed by atoms with van der Waals surface area (Å²) in [6.07, 6.45) is 0. The summed E-state index contributed by atoms with van der Waals surface area (Å²) in [6.45, 7) is 3.97. The van der Waals surface area contributed by atoms with Crippen LogP contribution >= 0.6 is 0 Å². The molecule has 100 valence electrons. The smallest absolute Gasteiger partial charge is 0.119 e. The van der Waals surface area contributed by atoms with E-state index in [2.05, 4.69) is 16.5 Å². The van der Waals surface area contributed by atoms with Crippen LogP contribution in [0.3, 0.4) is 0 Å². The third kappa shape index (κ3) is 2.92. The van der Waals surface area contributed by atoms with Crippen LogP contribution in [0.1, 0.15) is 28.6 Å². The molecule has 0 bridgehead atoms. The van der Waals surface area contributed by atoms with E-state index in [0.29, 0.717) is 0 Å². The van der Waals surface area contributed by atoms with Gasteiger partial charge in [-0.25, -0.2) is 5.43 Å². The van der Waals surface area contributed by atoms with E-state index in [1.807, 2.05) is 44.2 Å². The van der Waals surface area contributed by atoms with Crippen LogP contribution < -0.4 is 16.0 Å². The van der Waals surface area contributed by atoms with E-state index in [-0.39, 0.29) is 6.04 Å². The van der Waals surface area contributed by atoms with Crippen molar-refractivity contribution in [2.45, 2.75) is 19.9 Å². The Morgan fingerprint density at radius 2 is 2.00 bits per heavy atom. The molecule has 3 N–H and O–H groups in total. The third-order valence-electron chi connectivity index (χ3n) is 3.17. The second-order valence-corrected chi connectivity index (χ2v) is 4.50. The molecule has 0 aliphatic rings. The number of aryl methyl sites for hydroxylation is 2. The lowest BCUT2D eigenvalue weighted by Gasteiger charge is -2.19. The lowest BCUT2D eigenvalue weighted by Crippen LogP contribution is -2.29. The molecule has 0 spiro atoms. The van der Waals surface area contributed by atoms with Crippen molar-refractivity contribution >= 4 is 0 Å². The van der Waals surface area contributed by atoms with Crippen LogP contribution in [-0.4, -0.2) is 12.1 Å². The Labute approximate surface area is 113 Å². The zero-order valence-corrected chi connectivity index (χ0v) is 11.5. The van der Waals surface area contributed by atoms with Crippen molar-refractivity contribution in [3.63, 3.8) is 0 Å². The van der Waals surface area contributed by atoms with Gasteiger partial charge in [-0.15, -0.1) is 0 Å². The van der Waals surface area contributed by atoms with Crippen molar-refractivity contribution < 1.29 is 4.74 Å². The van der Waals surface area contributed by atoms with E-state index in [4.69, 9.17) is 10.6 Å². The van der Waals surface area contributed by atoms with Gasteiger partial charge in [0.15, 0.2) is 0 Å². The van der Waals surface area contributed by atoms with Gasteiger partial charge in [0, 0.05) is 11.4 Å². The number of nitrogens with two attached hydrogens (primary N) is 1. The molecule has 1 heterocycles. The molecule has 0 saturated carbocycles. The Bertz CT molecular complexity index is 569. The second kappa shape index (κ2) is 5.82. The molecule has 1 aromatic heterocycles. The summed E-state index contributed by atoms with van der Waals surface area (Å²) >= 11 is 0. The molecule has 1 atom stereocenters. The summed E-state index contributed by atoms with van der Waals surface area (Å²) in [6, 6.07) is 11.8. The Morgan fingerprint density at radius 3 is 2.63 bits per heavy atom. The number of hydrazine groups is 1. The van der Waals surface area contributed by atoms with Crippen molar-refractivity contribution in [2.75, 3.05) is 7.11 Å². The highest BCUT2D eigenvalue weighted by molar-refractivity contribution is 5.38. The van der Waals surface area contributed by atoms with Gasteiger partial charge in [0.2, 0.25) is 0 Å². The lowest BCUT2D eigenvalue weighted by atomic mass is 9.98. The van der Waals surface area contributed by atoms with Gasteiger partial charge >= 0.3 is 0 Å². The zero-order chi connectivity index (χ0) is 13.8. The topological polar surface area (TPSA) is 60.2 Å². The maximum absolute atomic E-state index is 5.72. The summed E-state index contributed by atoms with van der Waals surface area (Å²) in [4.78, 5) is 4.48. The highest BCUT2D eigenvalue weighted by Gasteiger charge is 2.15. The summed E-state index contributed by atoms with van der Waals surface area (Å²) in [5.74, 6) is 6.53. The van der Waals surface area contributed by atoms with Gasteiger partial charge < -0.3 is 4.74 Å². The molecule has 0 fully saturated rings. The van der Waals surface area contributed by atoms with Crippen LogP contribution in [0.15, 0.2) is 36.4 Å². The van der Waals surface area contributed by atoms with Crippen LogP contribution in [0.5, 0.6) is 5.75 Å². The van der Waals surface area contributed by atoms with Crippen LogP contribution in [0.4, 0.5) is 0 Å². The van der Waals surface area contributed by atoms with Crippen LogP contribution in [-0.2, 0) is 0 Å². The summed E-state index contributed by atoms with van der Waals surface area (Å²) in [5, 5.41) is 0. The Hall–Kier alpha value is -1.91. The van der Waals surface area contributed by atoms with Gasteiger partial charge in [0.25, 0.3) is 0 Å². The second-order valence-electron chi connectivity index (χ2n) is 4.50. The largest absolute Gasteiger partial charge is 0.497 e. The fourth-order valence-corrected chi connectivity index (χ4v) is 2.19. The van der Waals surface area contributed by atoms with Crippen LogP contribution in [0.25, 0.3) is 0 Å². The Morgan fingerprint density at radius 1 is 1.21 bits per heavy atom. The van der Waals surface area contributed by atoms with E-state index in [1.54, 1.807) is 7.11 Å². The molecule has 1 aromatic carbocycles. The molecule has 4 nitrogen and oxygen atoms in total. The van der Waals surface area contributed by atoms with Crippen LogP contribution in [0, 0.1) is 13.8 Å². The summed E-state index contributed by atoms with van der Waals surface area (Å²) in [7, 11) is 1.66. The molecular formula is C15H19N3O. The number of nitrogens with zero attached hydrogens (tertiary/aromatic N) is 1. The van der Waals surface area contributed by atoms with E-state index in [9.17, 15) is 0 Å². The molecule has 0 radical (unpaired) electrons. The minimum Gasteiger partial charge on any atom is -0.497 e. The number of rotatable bonds is 4. The maximum Gasteiger partial charge on any atom is 0.119 e. The zero-order valence-electron chi connectivity index (χ0n) is 11.5. The molecule has 0 aliphatic heterocycles. The molecule has 0 aliphatic carbocycles. The van der Waals surface area contributed by atoms with Crippen molar-refractivity contribution in [3.05, 3.63) is 58.9 Å². The Kier molecular flexibility index (Phi) is 4.14. The predicted octanol–water partition coefficient (Wildman–Crippen LogP) is 2.26. The van der Waals surface area contributed by atoms with E-state index >= 15 is 0 Å². The van der Waals surface area contributed by atoms with Crippen molar-refractivity contribution in [2.24, 2.45) is 5.84 Å². The monoisotopic (exact) mass is 257 g/mol. The van der Waals surface area contributed by atoms with Gasteiger partial charge in [-0.2, -0.15) is 0 Å². The highest BCUT2D eigenvalue weighted by atomic mass is 16.5. The van der Waals surface area contributed by atoms with Crippen molar-refractivity contribution in [1.82, 2.24) is 10.4 Å². The fraction of sp³-hybridized carbons (Fsp3) is 0.267. The number of aromatic nitrogens is 1. The number of benzene rings is 1. The number of pyridine rings is 1. The van der Waals surface area contributed by atoms with Crippen LogP contribution in [0.2, 0.25) is 0 Å². The van der Waals surface area contributed by atoms with Gasteiger partial charge in [0.05, 0.1) is 13.2 Å². The third-order valence-corrected chi connectivity index (χ3v) is 3.17. The fourth-order valence-electron chi connectivity index (χ4n) is 2.19. The first-order chi connectivity index (χ1) is 9.15. The maximum atomic E-state index is 5.72. The number of hydrogen-bond donors (Lipinski definition) is 2. The number of hydrogen-bond acceptors (Lipinski definition) is 4. The van der Waals surface area contributed by atoms with E-state index in [0.717, 1.165) is 28.3 Å². The first-order valence-electron chi connectivity index (χ1n) is 6.20. The molecule has 4 heteroatoms. The minimum atomic E-state index is -0.0943. The van der Waals surface area contributed by atoms with Crippen molar-refractivity contribution in [3.8, 4) is 5.75 Å². The first-order valence-corrected chi connectivity index (χ1v) is 6.20. The number of nitrogens with one attached hydrogen (secondary N) is 1. The molecule has 2 rings (SSSR count). The van der Waals surface area contributed by atoms with E-state index < -0.39 is 0 Å². The molecule has 19 heavy (non-hydrogen) atoms. The summed E-state index contributed by atoms with van der Waals surface area (Å²) < 4.78 is 5.25. The SMILES string of the molecule is COc1cccc(C(NN)c2ccc(C)nc2C)c1. The van der Waals surface area contributed by atoms with Gasteiger partial charge in [-0.1, -0.05) is 18.2 Å². The van der Waals surface area contributed by atoms with Gasteiger partial charge in [-0.3, -0.25) is 10.8 Å². The predicted molar refractivity (Wildman–Crippen MR) is 75.9 cm³/mol. The average molecular weight is 257 g/mol. The minimum absolute atomic E-state index is 0.0943. The van der Waals surface area contributed by atoms with Gasteiger partial charge in [0.1, 0.15) is 5.75 Å². The summed E-state index contributed by atoms with van der Waals surface area (Å²) in [5.41, 5.74) is 6.95.